The van der Waals surface area contributed by atoms with Crippen molar-refractivity contribution in [1.29, 1.82) is 0 Å². The first kappa shape index (κ1) is 10.8. The lowest BCUT2D eigenvalue weighted by Gasteiger charge is -1.97. The number of aromatic amines is 2. The van der Waals surface area contributed by atoms with Gasteiger partial charge in [0, 0.05) is 12.6 Å². The van der Waals surface area contributed by atoms with Crippen LogP contribution in [0.5, 0.6) is 0 Å². The number of hydrogen-bond acceptors (Lipinski definition) is 2. The molecule has 2 aromatic heterocycles. The van der Waals surface area contributed by atoms with E-state index in [0.29, 0.717) is 0 Å². The fourth-order valence-corrected chi connectivity index (χ4v) is 1.90. The second kappa shape index (κ2) is 4.87. The van der Waals surface area contributed by atoms with E-state index < -0.39 is 0 Å². The Morgan fingerprint density at radius 3 is 2.61 bits per heavy atom. The Hall–Kier alpha value is -2.36. The van der Waals surface area contributed by atoms with Crippen molar-refractivity contribution < 1.29 is 0 Å². The number of hydrogen-bond donors (Lipinski definition) is 2. The van der Waals surface area contributed by atoms with Gasteiger partial charge in [-0.15, -0.1) is 0 Å². The van der Waals surface area contributed by atoms with E-state index in [0.717, 1.165) is 30.2 Å². The maximum Gasteiger partial charge on any atom is 0.197 e. The molecule has 0 saturated carbocycles. The molecule has 18 heavy (non-hydrogen) atoms. The first-order valence-electron chi connectivity index (χ1n) is 6.01. The number of benzene rings is 1. The normalized spacial score (nSPS) is 10.7. The third-order valence-electron chi connectivity index (χ3n) is 2.86. The number of H-pyrrole nitrogens is 2. The summed E-state index contributed by atoms with van der Waals surface area (Å²) in [4.78, 5) is 7.57. The van der Waals surface area contributed by atoms with Gasteiger partial charge in [0.15, 0.2) is 5.82 Å². The molecule has 3 aromatic rings. The highest BCUT2D eigenvalue weighted by Crippen LogP contribution is 2.11. The molecule has 0 spiro atoms. The predicted octanol–water partition coefficient (Wildman–Crippen LogP) is 2.58. The molecule has 1 aromatic carbocycles. The van der Waals surface area contributed by atoms with Crippen molar-refractivity contribution in [3.63, 3.8) is 0 Å². The summed E-state index contributed by atoms with van der Waals surface area (Å²) < 4.78 is 0. The highest BCUT2D eigenvalue weighted by Gasteiger charge is 2.06. The van der Waals surface area contributed by atoms with Crippen LogP contribution in [0.2, 0.25) is 0 Å². The summed E-state index contributed by atoms with van der Waals surface area (Å²) in [7, 11) is 0. The van der Waals surface area contributed by atoms with Crippen LogP contribution in [0.15, 0.2) is 48.7 Å². The van der Waals surface area contributed by atoms with Gasteiger partial charge in [-0.2, -0.15) is 5.10 Å². The molecule has 0 unspecified atom stereocenters. The number of nitrogens with zero attached hydrogens (tertiary/aromatic N) is 2. The SMILES string of the molecule is c1ccc(CCc2nc(-c3ccc[nH]3)n[nH]2)cc1. The minimum atomic E-state index is 0.725. The Kier molecular flexibility index (Phi) is 2.92. The summed E-state index contributed by atoms with van der Waals surface area (Å²) in [5.41, 5.74) is 2.26. The molecule has 0 aliphatic heterocycles. The van der Waals surface area contributed by atoms with Gasteiger partial charge >= 0.3 is 0 Å². The molecule has 0 bridgehead atoms. The monoisotopic (exact) mass is 238 g/mol. The Morgan fingerprint density at radius 2 is 1.83 bits per heavy atom. The zero-order chi connectivity index (χ0) is 12.2. The number of aryl methyl sites for hydroxylation is 2. The van der Waals surface area contributed by atoms with E-state index in [4.69, 9.17) is 0 Å². The minimum absolute atomic E-state index is 0.725. The maximum atomic E-state index is 4.47. The van der Waals surface area contributed by atoms with Crippen LogP contribution in [0.4, 0.5) is 0 Å². The summed E-state index contributed by atoms with van der Waals surface area (Å²) in [6.07, 6.45) is 3.72. The van der Waals surface area contributed by atoms with E-state index in [9.17, 15) is 0 Å². The van der Waals surface area contributed by atoms with E-state index in [1.807, 2.05) is 24.4 Å². The first-order valence-corrected chi connectivity index (χ1v) is 6.01. The lowest BCUT2D eigenvalue weighted by atomic mass is 10.1. The molecule has 0 aliphatic carbocycles. The molecule has 0 fully saturated rings. The second-order valence-electron chi connectivity index (χ2n) is 4.18. The standard InChI is InChI=1S/C14H14N4/c1-2-5-11(6-3-1)8-9-13-16-14(18-17-13)12-7-4-10-15-12/h1-7,10,15H,8-9H2,(H,16,17,18). The molecule has 2 heterocycles. The van der Waals surface area contributed by atoms with Gasteiger partial charge in [-0.05, 0) is 24.1 Å². The van der Waals surface area contributed by atoms with Crippen LogP contribution in [-0.4, -0.2) is 20.2 Å². The van der Waals surface area contributed by atoms with Gasteiger partial charge in [0.25, 0.3) is 0 Å². The molecule has 90 valence electrons. The lowest BCUT2D eigenvalue weighted by Crippen LogP contribution is -1.93. The average molecular weight is 238 g/mol. The molecule has 4 nitrogen and oxygen atoms in total. The van der Waals surface area contributed by atoms with Crippen LogP contribution in [0, 0.1) is 0 Å². The van der Waals surface area contributed by atoms with Gasteiger partial charge in [-0.25, -0.2) is 4.98 Å². The fourth-order valence-electron chi connectivity index (χ4n) is 1.90. The van der Waals surface area contributed by atoms with Crippen LogP contribution >= 0.6 is 0 Å². The van der Waals surface area contributed by atoms with E-state index in [2.05, 4.69) is 44.4 Å². The third kappa shape index (κ3) is 2.32. The van der Waals surface area contributed by atoms with Crippen molar-refractivity contribution in [1.82, 2.24) is 20.2 Å². The van der Waals surface area contributed by atoms with E-state index in [-0.39, 0.29) is 0 Å². The molecular weight excluding hydrogens is 224 g/mol. The second-order valence-corrected chi connectivity index (χ2v) is 4.18. The summed E-state index contributed by atoms with van der Waals surface area (Å²) in [6.45, 7) is 0. The molecular formula is C14H14N4. The predicted molar refractivity (Wildman–Crippen MR) is 70.0 cm³/mol. The smallest absolute Gasteiger partial charge is 0.197 e. The fraction of sp³-hybridized carbons (Fsp3) is 0.143. The van der Waals surface area contributed by atoms with Crippen molar-refractivity contribution in [3.8, 4) is 11.5 Å². The number of aromatic nitrogens is 4. The Bertz CT molecular complexity index is 596. The van der Waals surface area contributed by atoms with Gasteiger partial charge in [-0.3, -0.25) is 5.10 Å². The molecule has 0 radical (unpaired) electrons. The van der Waals surface area contributed by atoms with Crippen LogP contribution in [-0.2, 0) is 12.8 Å². The minimum Gasteiger partial charge on any atom is -0.359 e. The van der Waals surface area contributed by atoms with Crippen molar-refractivity contribution >= 4 is 0 Å². The zero-order valence-corrected chi connectivity index (χ0v) is 9.93. The average Bonchev–Trinajstić information content (AvgIpc) is 3.08. The first-order chi connectivity index (χ1) is 8.92. The van der Waals surface area contributed by atoms with Crippen molar-refractivity contribution in [3.05, 3.63) is 60.0 Å². The van der Waals surface area contributed by atoms with Crippen molar-refractivity contribution in [2.45, 2.75) is 12.8 Å². The van der Waals surface area contributed by atoms with Gasteiger partial charge in [0.2, 0.25) is 0 Å². The highest BCUT2D eigenvalue weighted by atomic mass is 15.2. The third-order valence-corrected chi connectivity index (χ3v) is 2.86. The van der Waals surface area contributed by atoms with Crippen LogP contribution < -0.4 is 0 Å². The largest absolute Gasteiger partial charge is 0.359 e. The Morgan fingerprint density at radius 1 is 0.944 bits per heavy atom. The molecule has 0 saturated heterocycles. The summed E-state index contributed by atoms with van der Waals surface area (Å²) in [5, 5.41) is 7.19. The van der Waals surface area contributed by atoms with Crippen LogP contribution in [0.25, 0.3) is 11.5 Å². The molecule has 2 N–H and O–H groups in total. The zero-order valence-electron chi connectivity index (χ0n) is 9.93. The van der Waals surface area contributed by atoms with Crippen molar-refractivity contribution in [2.24, 2.45) is 0 Å². The Labute approximate surface area is 105 Å². The summed E-state index contributed by atoms with van der Waals surface area (Å²) in [5.74, 6) is 1.64. The molecule has 0 atom stereocenters. The van der Waals surface area contributed by atoms with Crippen LogP contribution in [0.1, 0.15) is 11.4 Å². The molecule has 0 aliphatic rings. The topological polar surface area (TPSA) is 57.4 Å². The van der Waals surface area contributed by atoms with E-state index >= 15 is 0 Å². The summed E-state index contributed by atoms with van der Waals surface area (Å²) in [6, 6.07) is 14.3. The Balaban J connectivity index is 1.68. The molecule has 0 amide bonds. The molecule has 3 rings (SSSR count). The van der Waals surface area contributed by atoms with Gasteiger partial charge in [-0.1, -0.05) is 30.3 Å². The van der Waals surface area contributed by atoms with Gasteiger partial charge in [0.05, 0.1) is 5.69 Å². The van der Waals surface area contributed by atoms with Crippen LogP contribution in [0.3, 0.4) is 0 Å². The number of nitrogens with one attached hydrogen (secondary N) is 2. The quantitative estimate of drug-likeness (QED) is 0.734. The van der Waals surface area contributed by atoms with E-state index in [1.165, 1.54) is 5.56 Å². The van der Waals surface area contributed by atoms with Crippen molar-refractivity contribution in [2.75, 3.05) is 0 Å². The van der Waals surface area contributed by atoms with Gasteiger partial charge in [0.1, 0.15) is 5.82 Å². The number of rotatable bonds is 4. The van der Waals surface area contributed by atoms with E-state index in [1.54, 1.807) is 0 Å². The lowest BCUT2D eigenvalue weighted by molar-refractivity contribution is 0.865. The summed E-state index contributed by atoms with van der Waals surface area (Å²) >= 11 is 0. The molecule has 4 heteroatoms. The maximum absolute atomic E-state index is 4.47. The highest BCUT2D eigenvalue weighted by molar-refractivity contribution is 5.48. The van der Waals surface area contributed by atoms with Gasteiger partial charge < -0.3 is 4.98 Å².